The molecule has 0 amide bonds. The summed E-state index contributed by atoms with van der Waals surface area (Å²) >= 11 is 1.52. The van der Waals surface area contributed by atoms with Crippen LogP contribution < -0.4 is 24.7 Å². The van der Waals surface area contributed by atoms with Gasteiger partial charge in [0, 0.05) is 36.1 Å². The Morgan fingerprint density at radius 2 is 1.08 bits per heavy atom. The number of aromatic nitrogens is 1. The van der Waals surface area contributed by atoms with Gasteiger partial charge in [-0.1, -0.05) is 60.9 Å². The van der Waals surface area contributed by atoms with E-state index in [0.717, 1.165) is 91.1 Å². The molecule has 5 rings (SSSR count). The summed E-state index contributed by atoms with van der Waals surface area (Å²) in [4.78, 5) is 51.1. The van der Waals surface area contributed by atoms with E-state index < -0.39 is 23.9 Å². The molecule has 0 aliphatic carbocycles. The van der Waals surface area contributed by atoms with Gasteiger partial charge in [-0.25, -0.2) is 24.2 Å². The van der Waals surface area contributed by atoms with E-state index in [1.807, 2.05) is 72.8 Å². The lowest BCUT2D eigenvalue weighted by atomic mass is 10.2. The molecule has 0 saturated heterocycles. The lowest BCUT2D eigenvalue weighted by molar-refractivity contribution is -0.138. The number of para-hydroxylation sites is 1. The Labute approximate surface area is 377 Å². The molecule has 0 bridgehead atoms. The number of fused-ring (bicyclic) bond motifs is 1. The smallest absolute Gasteiger partial charge is 0.336 e. The Balaban J connectivity index is 0.000000778. The van der Waals surface area contributed by atoms with Crippen molar-refractivity contribution in [2.75, 3.05) is 32.2 Å². The number of carbonyl (C=O) groups is 4. The SMILES string of the molecule is C=CC(=O)OCCCCCCOc1ccc(/C=C/C(=O)Oc2ccc(OC(=O)/C=C/c3ccc(OCCCCCCOC(=O)C=C)cc3)c(C=N)c2)cc1.Nc1nc2ccccc2s1. The predicted molar refractivity (Wildman–Crippen MR) is 251 cm³/mol. The minimum atomic E-state index is -0.637. The summed E-state index contributed by atoms with van der Waals surface area (Å²) in [6, 6.07) is 26.9. The van der Waals surface area contributed by atoms with Gasteiger partial charge in [-0.3, -0.25) is 0 Å². The maximum Gasteiger partial charge on any atom is 0.336 e. The molecule has 0 atom stereocenters. The first kappa shape index (κ1) is 49.3. The average molecular weight is 888 g/mol. The van der Waals surface area contributed by atoms with Crippen LogP contribution in [0.25, 0.3) is 22.4 Å². The summed E-state index contributed by atoms with van der Waals surface area (Å²) in [6.07, 6.45) is 16.2. The third-order valence-electron chi connectivity index (χ3n) is 8.90. The van der Waals surface area contributed by atoms with Gasteiger partial charge >= 0.3 is 23.9 Å². The number of nitrogens with two attached hydrogens (primary N) is 1. The van der Waals surface area contributed by atoms with E-state index in [2.05, 4.69) is 18.1 Å². The van der Waals surface area contributed by atoms with Gasteiger partial charge in [-0.15, -0.1) is 0 Å². The quantitative estimate of drug-likeness (QED) is 0.0186. The molecular weight excluding hydrogens is 835 g/mol. The largest absolute Gasteiger partial charge is 0.494 e. The highest BCUT2D eigenvalue weighted by molar-refractivity contribution is 7.22. The van der Waals surface area contributed by atoms with Crippen LogP contribution >= 0.6 is 11.3 Å². The molecule has 0 unspecified atom stereocenters. The van der Waals surface area contributed by atoms with Crippen LogP contribution in [-0.4, -0.2) is 61.5 Å². The predicted octanol–water partition coefficient (Wildman–Crippen LogP) is 10.1. The van der Waals surface area contributed by atoms with Gasteiger partial charge in [0.05, 0.1) is 36.6 Å². The molecule has 13 nitrogen and oxygen atoms in total. The third kappa shape index (κ3) is 19.2. The molecule has 5 aromatic rings. The number of ether oxygens (including phenoxy) is 6. The molecule has 1 heterocycles. The normalized spacial score (nSPS) is 10.7. The molecule has 0 aliphatic heterocycles. The van der Waals surface area contributed by atoms with Crippen molar-refractivity contribution in [2.45, 2.75) is 51.4 Å². The van der Waals surface area contributed by atoms with Crippen molar-refractivity contribution in [3.63, 3.8) is 0 Å². The number of benzene rings is 4. The number of rotatable bonds is 25. The zero-order chi connectivity index (χ0) is 45.8. The molecule has 3 N–H and O–H groups in total. The van der Waals surface area contributed by atoms with Gasteiger partial charge in [-0.05, 0) is 129 Å². The van der Waals surface area contributed by atoms with Gasteiger partial charge in [0.1, 0.15) is 23.0 Å². The summed E-state index contributed by atoms with van der Waals surface area (Å²) in [5.41, 5.74) is 8.29. The Kier molecular flexibility index (Phi) is 21.8. The Morgan fingerprint density at radius 1 is 0.594 bits per heavy atom. The van der Waals surface area contributed by atoms with Gasteiger partial charge in [0.25, 0.3) is 0 Å². The molecule has 0 saturated carbocycles. The van der Waals surface area contributed by atoms with Gasteiger partial charge in [0.15, 0.2) is 5.13 Å². The zero-order valence-electron chi connectivity index (χ0n) is 35.6. The Bertz CT molecular complexity index is 2320. The zero-order valence-corrected chi connectivity index (χ0v) is 36.4. The number of thiazole rings is 1. The number of nitrogens with zero attached hydrogens (tertiary/aromatic N) is 1. The van der Waals surface area contributed by atoms with Crippen molar-refractivity contribution in [1.29, 1.82) is 5.41 Å². The topological polar surface area (TPSA) is 186 Å². The molecule has 64 heavy (non-hydrogen) atoms. The number of hydrogen-bond acceptors (Lipinski definition) is 14. The molecule has 334 valence electrons. The van der Waals surface area contributed by atoms with E-state index >= 15 is 0 Å². The van der Waals surface area contributed by atoms with E-state index in [9.17, 15) is 19.2 Å². The second-order valence-corrected chi connectivity index (χ2v) is 14.8. The van der Waals surface area contributed by atoms with Crippen molar-refractivity contribution < 1.29 is 47.6 Å². The lowest BCUT2D eigenvalue weighted by Gasteiger charge is -2.08. The van der Waals surface area contributed by atoms with Crippen LogP contribution in [0.1, 0.15) is 68.1 Å². The molecule has 0 aliphatic rings. The van der Waals surface area contributed by atoms with Crippen molar-refractivity contribution in [3.05, 3.63) is 145 Å². The number of hydrogen-bond donors (Lipinski definition) is 2. The van der Waals surface area contributed by atoms with Crippen LogP contribution in [0.15, 0.2) is 128 Å². The van der Waals surface area contributed by atoms with E-state index in [1.54, 1.807) is 12.2 Å². The van der Waals surface area contributed by atoms with E-state index in [-0.39, 0.29) is 17.1 Å². The summed E-state index contributed by atoms with van der Waals surface area (Å²) < 4.78 is 33.4. The second-order valence-electron chi connectivity index (χ2n) is 13.8. The molecule has 4 aromatic carbocycles. The molecule has 0 radical (unpaired) electrons. The van der Waals surface area contributed by atoms with E-state index in [4.69, 9.17) is 39.6 Å². The summed E-state index contributed by atoms with van der Waals surface area (Å²) in [5, 5.41) is 8.39. The summed E-state index contributed by atoms with van der Waals surface area (Å²) in [6.45, 7) is 8.63. The second kappa shape index (κ2) is 28.3. The number of unbranched alkanes of at least 4 members (excludes halogenated alkanes) is 6. The summed E-state index contributed by atoms with van der Waals surface area (Å²) in [7, 11) is 0. The lowest BCUT2D eigenvalue weighted by Crippen LogP contribution is -2.07. The molecular formula is C50H53N3O10S. The number of nitrogen functional groups attached to an aromatic ring is 1. The fraction of sp³-hybridized carbons (Fsp3) is 0.240. The van der Waals surface area contributed by atoms with Crippen molar-refractivity contribution in [3.8, 4) is 23.0 Å². The third-order valence-corrected chi connectivity index (χ3v) is 9.76. The molecule has 14 heteroatoms. The van der Waals surface area contributed by atoms with Crippen LogP contribution in [-0.2, 0) is 28.7 Å². The van der Waals surface area contributed by atoms with Crippen molar-refractivity contribution in [2.24, 2.45) is 0 Å². The Morgan fingerprint density at radius 3 is 1.58 bits per heavy atom. The van der Waals surface area contributed by atoms with Gasteiger partial charge < -0.3 is 39.6 Å². The Hall–Kier alpha value is -7.32. The summed E-state index contributed by atoms with van der Waals surface area (Å²) in [5.74, 6) is -0.301. The first-order valence-electron chi connectivity index (χ1n) is 20.7. The highest BCUT2D eigenvalue weighted by atomic mass is 32.1. The van der Waals surface area contributed by atoms with E-state index in [0.29, 0.717) is 43.1 Å². The maximum atomic E-state index is 12.5. The van der Waals surface area contributed by atoms with Crippen LogP contribution in [0.3, 0.4) is 0 Å². The maximum absolute atomic E-state index is 12.5. The first-order chi connectivity index (χ1) is 31.1. The standard InChI is InChI=1S/C43H47NO10.C7H6N2S/c1-3-40(45)51-29-11-7-5-9-27-49-36-19-13-33(14-20-36)17-25-42(47)53-38-23-24-39(35(31-38)32-44)54-43(48)26-18-34-15-21-37(22-16-34)50-28-10-6-8-12-30-52-41(46)4-2;8-7-9-5-3-1-2-4-6(5)10-7/h3-4,13-26,31-32,44H,1-2,5-12,27-30H2;1-4H,(H2,8,9)/b25-17+,26-18+,44-32?;. The highest BCUT2D eigenvalue weighted by Gasteiger charge is 2.10. The average Bonchev–Trinajstić information content (AvgIpc) is 3.70. The first-order valence-corrected chi connectivity index (χ1v) is 21.6. The van der Waals surface area contributed by atoms with Gasteiger partial charge in [-0.2, -0.15) is 0 Å². The van der Waals surface area contributed by atoms with E-state index in [1.165, 1.54) is 41.7 Å². The minimum Gasteiger partial charge on any atom is -0.494 e. The number of nitrogens with one attached hydrogen (secondary N) is 1. The number of esters is 4. The number of carbonyl (C=O) groups excluding carboxylic acids is 4. The van der Waals surface area contributed by atoms with Crippen molar-refractivity contribution in [1.82, 2.24) is 4.98 Å². The van der Waals surface area contributed by atoms with Crippen LogP contribution in [0.4, 0.5) is 5.13 Å². The number of anilines is 1. The molecule has 1 aromatic heterocycles. The van der Waals surface area contributed by atoms with Crippen molar-refractivity contribution >= 4 is 68.9 Å². The monoisotopic (exact) mass is 887 g/mol. The molecule has 0 spiro atoms. The minimum absolute atomic E-state index is 0.144. The van der Waals surface area contributed by atoms with Crippen LogP contribution in [0, 0.1) is 5.41 Å². The van der Waals surface area contributed by atoms with Crippen LogP contribution in [0.2, 0.25) is 0 Å². The fourth-order valence-electron chi connectivity index (χ4n) is 5.62. The van der Waals surface area contributed by atoms with Gasteiger partial charge in [0.2, 0.25) is 0 Å². The fourth-order valence-corrected chi connectivity index (χ4v) is 6.35. The molecule has 0 fully saturated rings. The highest BCUT2D eigenvalue weighted by Crippen LogP contribution is 2.25. The van der Waals surface area contributed by atoms with Crippen LogP contribution in [0.5, 0.6) is 23.0 Å².